The van der Waals surface area contributed by atoms with E-state index in [9.17, 15) is 23.7 Å². The molecule has 1 unspecified atom stereocenters. The Kier molecular flexibility index (Phi) is 8.37. The van der Waals surface area contributed by atoms with E-state index in [1.807, 2.05) is 50.2 Å². The summed E-state index contributed by atoms with van der Waals surface area (Å²) in [6.07, 6.45) is -2.40. The van der Waals surface area contributed by atoms with Crippen LogP contribution in [0, 0.1) is 5.82 Å². The minimum atomic E-state index is -3.81. The number of aliphatic hydroxyl groups is 1. The van der Waals surface area contributed by atoms with E-state index in [1.54, 1.807) is 12.1 Å². The highest BCUT2D eigenvalue weighted by Gasteiger charge is 2.26. The van der Waals surface area contributed by atoms with Gasteiger partial charge in [0.2, 0.25) is 7.37 Å². The summed E-state index contributed by atoms with van der Waals surface area (Å²) in [4.78, 5) is 26.1. The summed E-state index contributed by atoms with van der Waals surface area (Å²) >= 11 is 0. The maximum Gasteiger partial charge on any atom is 0.305 e. The summed E-state index contributed by atoms with van der Waals surface area (Å²) in [6, 6.07) is 17.6. The van der Waals surface area contributed by atoms with Gasteiger partial charge in [-0.2, -0.15) is 0 Å². The number of hydrogen-bond donors (Lipinski definition) is 3. The lowest BCUT2D eigenvalue weighted by molar-refractivity contribution is -0.138. The van der Waals surface area contributed by atoms with Crippen LogP contribution in [0.4, 0.5) is 4.39 Å². The lowest BCUT2D eigenvalue weighted by atomic mass is 9.91. The van der Waals surface area contributed by atoms with Crippen LogP contribution in [0.1, 0.15) is 37.4 Å². The van der Waals surface area contributed by atoms with Gasteiger partial charge in [0.1, 0.15) is 5.82 Å². The Morgan fingerprint density at radius 1 is 1.06 bits per heavy atom. The number of nitrogens with zero attached hydrogens (tertiary/aromatic N) is 1. The average molecular weight is 485 g/mol. The van der Waals surface area contributed by atoms with Crippen LogP contribution in [0.25, 0.3) is 22.4 Å². The Morgan fingerprint density at radius 3 is 2.29 bits per heavy atom. The Labute approximate surface area is 198 Å². The molecular formula is C26H29FNO5P. The fraction of sp³-hybridized carbons (Fsp3) is 0.308. The highest BCUT2D eigenvalue weighted by molar-refractivity contribution is 7.58. The molecule has 0 aliphatic rings. The van der Waals surface area contributed by atoms with E-state index in [0.29, 0.717) is 0 Å². The van der Waals surface area contributed by atoms with Crippen LogP contribution in [0.15, 0.2) is 60.7 Å². The van der Waals surface area contributed by atoms with Crippen molar-refractivity contribution in [3.05, 3.63) is 77.7 Å². The molecule has 180 valence electrons. The maximum absolute atomic E-state index is 13.6. The molecule has 2 atom stereocenters. The molecule has 34 heavy (non-hydrogen) atoms. The van der Waals surface area contributed by atoms with Gasteiger partial charge in [0.15, 0.2) is 0 Å². The number of halogens is 1. The molecule has 3 rings (SSSR count). The van der Waals surface area contributed by atoms with E-state index in [0.717, 1.165) is 33.6 Å². The SMILES string of the molecule is CC(C)c1nc(-c2ccccc2)cc(-c2ccc(F)cc2)c1CCP(=O)(O)C[C@@H](O)CC(=O)O. The van der Waals surface area contributed by atoms with Crippen molar-refractivity contribution in [2.24, 2.45) is 0 Å². The molecule has 3 aromatic rings. The molecule has 0 saturated heterocycles. The normalized spacial score (nSPS) is 14.1. The second-order valence-corrected chi connectivity index (χ2v) is 11.2. The monoisotopic (exact) mass is 485 g/mol. The van der Waals surface area contributed by atoms with Crippen LogP contribution in [-0.2, 0) is 15.8 Å². The van der Waals surface area contributed by atoms with Crippen LogP contribution < -0.4 is 0 Å². The van der Waals surface area contributed by atoms with Crippen LogP contribution in [0.3, 0.4) is 0 Å². The van der Waals surface area contributed by atoms with Crippen molar-refractivity contribution in [2.75, 3.05) is 12.3 Å². The maximum atomic E-state index is 13.6. The van der Waals surface area contributed by atoms with Gasteiger partial charge < -0.3 is 15.1 Å². The van der Waals surface area contributed by atoms with Crippen molar-refractivity contribution in [1.29, 1.82) is 0 Å². The number of aliphatic hydroxyl groups excluding tert-OH is 1. The fourth-order valence-corrected chi connectivity index (χ4v) is 5.49. The molecule has 0 spiro atoms. The summed E-state index contributed by atoms with van der Waals surface area (Å²) in [7, 11) is -3.81. The molecule has 0 aliphatic carbocycles. The predicted octanol–water partition coefficient (Wildman–Crippen LogP) is 5.33. The molecule has 8 heteroatoms. The van der Waals surface area contributed by atoms with E-state index in [2.05, 4.69) is 0 Å². The van der Waals surface area contributed by atoms with Crippen LogP contribution in [-0.4, -0.2) is 44.5 Å². The van der Waals surface area contributed by atoms with Gasteiger partial charge in [-0.3, -0.25) is 14.3 Å². The first-order valence-corrected chi connectivity index (χ1v) is 13.1. The third-order valence-electron chi connectivity index (χ3n) is 5.55. The first kappa shape index (κ1) is 25.8. The molecular weight excluding hydrogens is 456 g/mol. The number of carboxylic acid groups (broad SMARTS) is 1. The van der Waals surface area contributed by atoms with Crippen molar-refractivity contribution >= 4 is 13.3 Å². The second kappa shape index (κ2) is 11.0. The highest BCUT2D eigenvalue weighted by Crippen LogP contribution is 2.44. The standard InChI is InChI=1S/C26H29FNO5P/c1-17(2)26-22(12-13-34(32,33)16-21(29)14-25(30)31)23(18-8-10-20(27)11-9-18)15-24(28-26)19-6-4-3-5-7-19/h3-11,15,17,21,29H,12-14,16H2,1-2H3,(H,30,31)(H,32,33)/t21-/m0/s1. The van der Waals surface area contributed by atoms with Crippen LogP contribution >= 0.6 is 7.37 Å². The fourth-order valence-electron chi connectivity index (χ4n) is 3.95. The van der Waals surface area contributed by atoms with Crippen molar-refractivity contribution in [3.8, 4) is 22.4 Å². The van der Waals surface area contributed by atoms with Crippen molar-refractivity contribution in [1.82, 2.24) is 4.98 Å². The third-order valence-corrected chi connectivity index (χ3v) is 7.46. The van der Waals surface area contributed by atoms with E-state index in [1.165, 1.54) is 12.1 Å². The highest BCUT2D eigenvalue weighted by atomic mass is 31.2. The Morgan fingerprint density at radius 2 is 1.71 bits per heavy atom. The van der Waals surface area contributed by atoms with Gasteiger partial charge >= 0.3 is 5.97 Å². The quantitative estimate of drug-likeness (QED) is 0.335. The first-order valence-electron chi connectivity index (χ1n) is 11.1. The van der Waals surface area contributed by atoms with Crippen molar-refractivity contribution in [3.63, 3.8) is 0 Å². The Balaban J connectivity index is 2.04. The summed E-state index contributed by atoms with van der Waals surface area (Å²) in [5, 5.41) is 18.7. The number of carbonyl (C=O) groups is 1. The average Bonchev–Trinajstić information content (AvgIpc) is 2.77. The van der Waals surface area contributed by atoms with Gasteiger partial charge in [-0.1, -0.05) is 56.3 Å². The second-order valence-electron chi connectivity index (χ2n) is 8.70. The van der Waals surface area contributed by atoms with Gasteiger partial charge in [-0.05, 0) is 47.2 Å². The van der Waals surface area contributed by atoms with Gasteiger partial charge in [0.05, 0.1) is 24.4 Å². The molecule has 0 fully saturated rings. The third kappa shape index (κ3) is 6.83. The number of rotatable bonds is 10. The molecule has 0 aliphatic heterocycles. The number of carboxylic acids is 1. The van der Waals surface area contributed by atoms with Gasteiger partial charge in [-0.15, -0.1) is 0 Å². The number of aliphatic carboxylic acids is 1. The zero-order chi connectivity index (χ0) is 24.9. The summed E-state index contributed by atoms with van der Waals surface area (Å²) in [6.45, 7) is 3.98. The van der Waals surface area contributed by atoms with Crippen LogP contribution in [0.5, 0.6) is 0 Å². The van der Waals surface area contributed by atoms with Crippen molar-refractivity contribution < 1.29 is 28.9 Å². The molecule has 6 nitrogen and oxygen atoms in total. The largest absolute Gasteiger partial charge is 0.481 e. The minimum absolute atomic E-state index is 0.00791. The summed E-state index contributed by atoms with van der Waals surface area (Å²) < 4.78 is 26.4. The topological polar surface area (TPSA) is 108 Å². The van der Waals surface area contributed by atoms with Gasteiger partial charge in [0.25, 0.3) is 0 Å². The zero-order valence-corrected chi connectivity index (χ0v) is 20.1. The summed E-state index contributed by atoms with van der Waals surface area (Å²) in [5.74, 6) is -1.58. The molecule has 0 amide bonds. The summed E-state index contributed by atoms with van der Waals surface area (Å²) in [5.41, 5.74) is 4.77. The van der Waals surface area contributed by atoms with Gasteiger partial charge in [0, 0.05) is 17.4 Å². The van der Waals surface area contributed by atoms with E-state index < -0.39 is 32.0 Å². The van der Waals surface area contributed by atoms with Crippen LogP contribution in [0.2, 0.25) is 0 Å². The van der Waals surface area contributed by atoms with Gasteiger partial charge in [-0.25, -0.2) is 4.39 Å². The molecule has 0 radical (unpaired) electrons. The van der Waals surface area contributed by atoms with E-state index in [-0.39, 0.29) is 24.3 Å². The minimum Gasteiger partial charge on any atom is -0.481 e. The van der Waals surface area contributed by atoms with E-state index in [4.69, 9.17) is 10.1 Å². The molecule has 0 bridgehead atoms. The smallest absolute Gasteiger partial charge is 0.305 e. The Hall–Kier alpha value is -2.86. The number of pyridine rings is 1. The van der Waals surface area contributed by atoms with E-state index >= 15 is 0 Å². The Bertz CT molecular complexity index is 1180. The first-order chi connectivity index (χ1) is 16.1. The predicted molar refractivity (Wildman–Crippen MR) is 131 cm³/mol. The number of benzene rings is 2. The molecule has 3 N–H and O–H groups in total. The van der Waals surface area contributed by atoms with Crippen molar-refractivity contribution in [2.45, 2.75) is 38.7 Å². The molecule has 2 aromatic carbocycles. The number of hydrogen-bond acceptors (Lipinski definition) is 4. The molecule has 1 heterocycles. The zero-order valence-electron chi connectivity index (χ0n) is 19.2. The number of aromatic nitrogens is 1. The molecule has 0 saturated carbocycles. The lowest BCUT2D eigenvalue weighted by Crippen LogP contribution is -2.19. The molecule has 1 aromatic heterocycles. The lowest BCUT2D eigenvalue weighted by Gasteiger charge is -2.21.